The molecule has 4 rings (SSSR count). The lowest BCUT2D eigenvalue weighted by atomic mass is 9.85. The molecule has 2 aliphatic rings. The summed E-state index contributed by atoms with van der Waals surface area (Å²) in [4.78, 5) is 51.4. The van der Waals surface area contributed by atoms with Gasteiger partial charge in [-0.1, -0.05) is 45.0 Å². The first-order chi connectivity index (χ1) is 20.5. The lowest BCUT2D eigenvalue weighted by molar-refractivity contribution is -0.144. The summed E-state index contributed by atoms with van der Waals surface area (Å²) in [7, 11) is 0. The molecule has 11 nitrogen and oxygen atoms in total. The molecule has 2 saturated heterocycles. The summed E-state index contributed by atoms with van der Waals surface area (Å²) in [5.74, 6) is -0.867. The standard InChI is InChI=1S/C31H47N7O4S/c1-21-27(43-20-34-21)23-7-5-22(6-8-23)9-11-33-29(41)25-17-24(39)18-38(25)30(42)28(31(2,3)4)35-26(40)19-37-15-13-36(12-10-32)14-16-37/h5-8,20,24-25,28,39H,9-19,32H2,1-4H3,(H,33,41)(H,35,40)/t24-,25-,28+/m0/s1. The molecule has 0 unspecified atom stereocenters. The summed E-state index contributed by atoms with van der Waals surface area (Å²) in [6, 6.07) is 6.60. The number of benzene rings is 1. The van der Waals surface area contributed by atoms with Crippen LogP contribution in [-0.4, -0.2) is 120 Å². The molecule has 2 aromatic rings. The number of amides is 3. The van der Waals surface area contributed by atoms with Crippen LogP contribution in [0.5, 0.6) is 0 Å². The van der Waals surface area contributed by atoms with Gasteiger partial charge in [0.05, 0.1) is 28.7 Å². The van der Waals surface area contributed by atoms with Crippen LogP contribution in [0.15, 0.2) is 29.8 Å². The highest BCUT2D eigenvalue weighted by molar-refractivity contribution is 7.13. The number of carbonyl (C=O) groups is 3. The number of aromatic nitrogens is 1. The summed E-state index contributed by atoms with van der Waals surface area (Å²) in [5.41, 5.74) is 10.1. The van der Waals surface area contributed by atoms with E-state index in [2.05, 4.69) is 37.6 Å². The first kappa shape index (κ1) is 33.0. The highest BCUT2D eigenvalue weighted by Crippen LogP contribution is 2.28. The molecule has 12 heteroatoms. The Balaban J connectivity index is 1.32. The minimum absolute atomic E-state index is 0.0565. The number of aliphatic hydroxyl groups excluding tert-OH is 1. The van der Waals surface area contributed by atoms with E-state index in [9.17, 15) is 19.5 Å². The Kier molecular flexibility index (Phi) is 11.3. The van der Waals surface area contributed by atoms with Crippen molar-refractivity contribution >= 4 is 29.1 Å². The number of nitrogens with two attached hydrogens (primary N) is 1. The number of carbonyl (C=O) groups excluding carboxylic acids is 3. The third-order valence-corrected chi connectivity index (χ3v) is 9.21. The van der Waals surface area contributed by atoms with Crippen molar-refractivity contribution in [1.82, 2.24) is 30.3 Å². The van der Waals surface area contributed by atoms with E-state index >= 15 is 0 Å². The lowest BCUT2D eigenvalue weighted by Crippen LogP contribution is -2.59. The molecule has 3 heterocycles. The van der Waals surface area contributed by atoms with Crippen LogP contribution in [0.4, 0.5) is 0 Å². The molecular formula is C31H47N7O4S. The molecule has 0 spiro atoms. The molecular weight excluding hydrogens is 566 g/mol. The Morgan fingerprint density at radius 3 is 2.40 bits per heavy atom. The van der Waals surface area contributed by atoms with E-state index in [1.54, 1.807) is 11.3 Å². The zero-order valence-electron chi connectivity index (χ0n) is 25.8. The quantitative estimate of drug-likeness (QED) is 0.292. The summed E-state index contributed by atoms with van der Waals surface area (Å²) in [6.45, 7) is 13.0. The third kappa shape index (κ3) is 8.82. The molecule has 0 aliphatic carbocycles. The average molecular weight is 614 g/mol. The monoisotopic (exact) mass is 613 g/mol. The van der Waals surface area contributed by atoms with Crippen LogP contribution >= 0.6 is 11.3 Å². The van der Waals surface area contributed by atoms with Gasteiger partial charge in [0, 0.05) is 58.8 Å². The van der Waals surface area contributed by atoms with Crippen molar-refractivity contribution in [3.05, 3.63) is 41.0 Å². The first-order valence-electron chi connectivity index (χ1n) is 15.2. The maximum atomic E-state index is 13.8. The molecule has 3 atom stereocenters. The Hall–Kier alpha value is -2.90. The number of piperazine rings is 1. The molecule has 2 aliphatic heterocycles. The molecule has 0 bridgehead atoms. The van der Waals surface area contributed by atoms with Crippen molar-refractivity contribution < 1.29 is 19.5 Å². The predicted octanol–water partition coefficient (Wildman–Crippen LogP) is 0.846. The van der Waals surface area contributed by atoms with Gasteiger partial charge in [-0.05, 0) is 29.9 Å². The topological polar surface area (TPSA) is 144 Å². The van der Waals surface area contributed by atoms with Crippen LogP contribution in [0, 0.1) is 12.3 Å². The van der Waals surface area contributed by atoms with Crippen LogP contribution in [0.3, 0.4) is 0 Å². The largest absolute Gasteiger partial charge is 0.391 e. The number of thiazole rings is 1. The number of aliphatic hydroxyl groups is 1. The second-order valence-corrected chi connectivity index (χ2v) is 13.5. The van der Waals surface area contributed by atoms with E-state index in [1.165, 1.54) is 4.90 Å². The highest BCUT2D eigenvalue weighted by atomic mass is 32.1. The third-order valence-electron chi connectivity index (χ3n) is 8.24. The maximum absolute atomic E-state index is 13.8. The minimum atomic E-state index is -0.833. The van der Waals surface area contributed by atoms with Crippen LogP contribution in [0.1, 0.15) is 38.4 Å². The van der Waals surface area contributed by atoms with Crippen molar-refractivity contribution in [2.75, 3.05) is 58.9 Å². The average Bonchev–Trinajstić information content (AvgIpc) is 3.57. The molecule has 0 saturated carbocycles. The summed E-state index contributed by atoms with van der Waals surface area (Å²) in [6.07, 6.45) is -0.000232. The van der Waals surface area contributed by atoms with Gasteiger partial charge in [-0.3, -0.25) is 24.2 Å². The minimum Gasteiger partial charge on any atom is -0.391 e. The molecule has 2 fully saturated rings. The van der Waals surface area contributed by atoms with E-state index in [0.717, 1.165) is 54.4 Å². The number of likely N-dealkylation sites (tertiary alicyclic amines) is 1. The predicted molar refractivity (Wildman–Crippen MR) is 168 cm³/mol. The number of nitrogens with zero attached hydrogens (tertiary/aromatic N) is 4. The van der Waals surface area contributed by atoms with E-state index < -0.39 is 23.6 Å². The zero-order chi connectivity index (χ0) is 31.1. The Labute approximate surface area is 258 Å². The normalized spacial score (nSPS) is 20.7. The number of nitrogens with one attached hydrogen (secondary N) is 2. The van der Waals surface area contributed by atoms with Crippen LogP contribution in [0.2, 0.25) is 0 Å². The SMILES string of the molecule is Cc1ncsc1-c1ccc(CCNC(=O)[C@@H]2C[C@H](O)CN2C(=O)[C@@H](NC(=O)CN2CCN(CCN)CC2)C(C)(C)C)cc1. The van der Waals surface area contributed by atoms with E-state index in [4.69, 9.17) is 5.73 Å². The molecule has 43 heavy (non-hydrogen) atoms. The smallest absolute Gasteiger partial charge is 0.246 e. The van der Waals surface area contributed by atoms with Crippen molar-refractivity contribution in [2.24, 2.45) is 11.1 Å². The van der Waals surface area contributed by atoms with E-state index in [1.807, 2.05) is 45.3 Å². The second kappa shape index (κ2) is 14.7. The van der Waals surface area contributed by atoms with Gasteiger partial charge in [-0.25, -0.2) is 4.98 Å². The van der Waals surface area contributed by atoms with Crippen LogP contribution in [-0.2, 0) is 20.8 Å². The maximum Gasteiger partial charge on any atom is 0.246 e. The van der Waals surface area contributed by atoms with Gasteiger partial charge in [0.2, 0.25) is 17.7 Å². The molecule has 1 aromatic heterocycles. The molecule has 1 aromatic carbocycles. The molecule has 5 N–H and O–H groups in total. The van der Waals surface area contributed by atoms with Gasteiger partial charge in [-0.2, -0.15) is 0 Å². The van der Waals surface area contributed by atoms with Gasteiger partial charge in [-0.15, -0.1) is 11.3 Å². The second-order valence-electron chi connectivity index (χ2n) is 12.7. The van der Waals surface area contributed by atoms with Gasteiger partial charge >= 0.3 is 0 Å². The fraction of sp³-hybridized carbons (Fsp3) is 0.613. The number of β-amino-alcohol motifs (C(OH)–C–C–N with tert-alkyl or cyclic N) is 1. The van der Waals surface area contributed by atoms with E-state index in [0.29, 0.717) is 19.5 Å². The summed E-state index contributed by atoms with van der Waals surface area (Å²) >= 11 is 1.61. The molecule has 236 valence electrons. The van der Waals surface area contributed by atoms with Crippen molar-refractivity contribution in [2.45, 2.75) is 58.7 Å². The van der Waals surface area contributed by atoms with Crippen molar-refractivity contribution in [3.8, 4) is 10.4 Å². The number of rotatable bonds is 11. The number of aryl methyl sites for hydroxylation is 1. The number of hydrogen-bond acceptors (Lipinski definition) is 9. The van der Waals surface area contributed by atoms with Crippen molar-refractivity contribution in [1.29, 1.82) is 0 Å². The van der Waals surface area contributed by atoms with Gasteiger partial charge in [0.1, 0.15) is 12.1 Å². The first-order valence-corrected chi connectivity index (χ1v) is 16.0. The Morgan fingerprint density at radius 2 is 1.79 bits per heavy atom. The summed E-state index contributed by atoms with van der Waals surface area (Å²) < 4.78 is 0. The van der Waals surface area contributed by atoms with Gasteiger partial charge in [0.25, 0.3) is 0 Å². The van der Waals surface area contributed by atoms with Gasteiger partial charge < -0.3 is 26.4 Å². The van der Waals surface area contributed by atoms with Gasteiger partial charge in [0.15, 0.2) is 0 Å². The number of hydrogen-bond donors (Lipinski definition) is 4. The van der Waals surface area contributed by atoms with Crippen LogP contribution in [0.25, 0.3) is 10.4 Å². The fourth-order valence-electron chi connectivity index (χ4n) is 5.73. The van der Waals surface area contributed by atoms with Crippen molar-refractivity contribution in [3.63, 3.8) is 0 Å². The molecule has 0 radical (unpaired) electrons. The fourth-order valence-corrected chi connectivity index (χ4v) is 6.54. The summed E-state index contributed by atoms with van der Waals surface area (Å²) in [5, 5.41) is 16.4. The lowest BCUT2D eigenvalue weighted by Gasteiger charge is -2.37. The van der Waals surface area contributed by atoms with Crippen LogP contribution < -0.4 is 16.4 Å². The highest BCUT2D eigenvalue weighted by Gasteiger charge is 2.44. The Bertz CT molecular complexity index is 1240. The Morgan fingerprint density at radius 1 is 1.12 bits per heavy atom. The van der Waals surface area contributed by atoms with E-state index in [-0.39, 0.29) is 37.2 Å². The molecule has 3 amide bonds. The zero-order valence-corrected chi connectivity index (χ0v) is 26.7.